The number of ketones is 1. The van der Waals surface area contributed by atoms with Gasteiger partial charge < -0.3 is 4.74 Å². The Morgan fingerprint density at radius 3 is 2.36 bits per heavy atom. The van der Waals surface area contributed by atoms with E-state index in [-0.39, 0.29) is 16.2 Å². The number of Topliss-reactive ketones (excluding diaryl/α,β-unsaturated/α-hetero) is 1. The summed E-state index contributed by atoms with van der Waals surface area (Å²) in [4.78, 5) is 24.7. The number of ether oxygens (including phenoxy) is 1. The van der Waals surface area contributed by atoms with E-state index in [0.717, 1.165) is 16.7 Å². The fourth-order valence-electron chi connectivity index (χ4n) is 2.66. The van der Waals surface area contributed by atoms with Crippen LogP contribution in [0.25, 0.3) is 0 Å². The number of esters is 1. The number of hydrogen-bond acceptors (Lipinski definition) is 5. The molecule has 6 nitrogen and oxygen atoms in total. The van der Waals surface area contributed by atoms with Crippen molar-refractivity contribution in [2.45, 2.75) is 39.0 Å². The van der Waals surface area contributed by atoms with Crippen LogP contribution < -0.4 is 4.72 Å². The SMILES string of the molecule is CCCNS(=O)(=O)c1cccc(C(=O)OCC(=O)c2cc(C)c(C)cc2C)c1. The molecule has 0 aliphatic carbocycles. The van der Waals surface area contributed by atoms with E-state index in [0.29, 0.717) is 18.5 Å². The summed E-state index contributed by atoms with van der Waals surface area (Å²) in [5, 5.41) is 0. The van der Waals surface area contributed by atoms with E-state index >= 15 is 0 Å². The van der Waals surface area contributed by atoms with Gasteiger partial charge in [-0.2, -0.15) is 0 Å². The van der Waals surface area contributed by atoms with Crippen LogP contribution in [0.1, 0.15) is 50.8 Å². The van der Waals surface area contributed by atoms with E-state index in [9.17, 15) is 18.0 Å². The Bertz CT molecular complexity index is 996. The molecular formula is C21H25NO5S. The molecule has 0 fully saturated rings. The molecular weight excluding hydrogens is 378 g/mol. The summed E-state index contributed by atoms with van der Waals surface area (Å²) in [6.45, 7) is 7.46. The Kier molecular flexibility index (Phi) is 7.10. The first-order valence-electron chi connectivity index (χ1n) is 9.03. The van der Waals surface area contributed by atoms with Gasteiger partial charge in [0.25, 0.3) is 0 Å². The largest absolute Gasteiger partial charge is 0.454 e. The molecule has 28 heavy (non-hydrogen) atoms. The summed E-state index contributed by atoms with van der Waals surface area (Å²) in [5.74, 6) is -1.05. The van der Waals surface area contributed by atoms with Gasteiger partial charge in [0.1, 0.15) is 0 Å². The molecule has 150 valence electrons. The van der Waals surface area contributed by atoms with Gasteiger partial charge in [0, 0.05) is 12.1 Å². The minimum absolute atomic E-state index is 0.0215. The van der Waals surface area contributed by atoms with Crippen molar-refractivity contribution in [1.82, 2.24) is 4.72 Å². The van der Waals surface area contributed by atoms with Gasteiger partial charge in [0.2, 0.25) is 15.8 Å². The second kappa shape index (κ2) is 9.12. The van der Waals surface area contributed by atoms with E-state index in [1.807, 2.05) is 33.8 Å². The molecule has 0 amide bonds. The Labute approximate surface area is 166 Å². The molecule has 0 aromatic heterocycles. The Morgan fingerprint density at radius 1 is 1.00 bits per heavy atom. The number of nitrogens with one attached hydrogen (secondary N) is 1. The second-order valence-corrected chi connectivity index (χ2v) is 8.44. The maximum absolute atomic E-state index is 12.4. The number of aryl methyl sites for hydroxylation is 3. The molecule has 0 spiro atoms. The molecule has 0 aliphatic heterocycles. The van der Waals surface area contributed by atoms with Gasteiger partial charge in [0.15, 0.2) is 6.61 Å². The highest BCUT2D eigenvalue weighted by atomic mass is 32.2. The monoisotopic (exact) mass is 403 g/mol. The third kappa shape index (κ3) is 5.27. The second-order valence-electron chi connectivity index (χ2n) is 6.68. The van der Waals surface area contributed by atoms with Crippen LogP contribution >= 0.6 is 0 Å². The predicted molar refractivity (Wildman–Crippen MR) is 107 cm³/mol. The molecule has 0 bridgehead atoms. The molecule has 7 heteroatoms. The van der Waals surface area contributed by atoms with Crippen molar-refractivity contribution in [1.29, 1.82) is 0 Å². The quantitative estimate of drug-likeness (QED) is 0.539. The minimum Gasteiger partial charge on any atom is -0.454 e. The van der Waals surface area contributed by atoms with Gasteiger partial charge >= 0.3 is 5.97 Å². The lowest BCUT2D eigenvalue weighted by molar-refractivity contribution is 0.0474. The summed E-state index contributed by atoms with van der Waals surface area (Å²) in [7, 11) is -3.69. The fraction of sp³-hybridized carbons (Fsp3) is 0.333. The van der Waals surface area contributed by atoms with Crippen LogP contribution in [0.4, 0.5) is 0 Å². The van der Waals surface area contributed by atoms with Crippen LogP contribution in [0.15, 0.2) is 41.3 Å². The average molecular weight is 404 g/mol. The third-order valence-corrected chi connectivity index (χ3v) is 5.86. The smallest absolute Gasteiger partial charge is 0.338 e. The maximum Gasteiger partial charge on any atom is 0.338 e. The van der Waals surface area contributed by atoms with E-state index in [2.05, 4.69) is 4.72 Å². The molecule has 2 rings (SSSR count). The van der Waals surface area contributed by atoms with Gasteiger partial charge in [-0.15, -0.1) is 0 Å². The first-order chi connectivity index (χ1) is 13.2. The Morgan fingerprint density at radius 2 is 1.68 bits per heavy atom. The topological polar surface area (TPSA) is 89.5 Å². The molecule has 0 radical (unpaired) electrons. The Balaban J connectivity index is 2.11. The number of benzene rings is 2. The number of sulfonamides is 1. The molecule has 1 N–H and O–H groups in total. The van der Waals surface area contributed by atoms with Crippen LogP contribution in [0.2, 0.25) is 0 Å². The first-order valence-corrected chi connectivity index (χ1v) is 10.5. The minimum atomic E-state index is -3.69. The molecule has 0 saturated carbocycles. The highest BCUT2D eigenvalue weighted by Crippen LogP contribution is 2.17. The first kappa shape index (κ1) is 21.8. The summed E-state index contributed by atoms with van der Waals surface area (Å²) >= 11 is 0. The van der Waals surface area contributed by atoms with Crippen molar-refractivity contribution in [3.8, 4) is 0 Å². The third-order valence-electron chi connectivity index (χ3n) is 4.40. The van der Waals surface area contributed by atoms with Gasteiger partial charge in [-0.1, -0.05) is 19.1 Å². The van der Waals surface area contributed by atoms with E-state index in [1.165, 1.54) is 24.3 Å². The zero-order valence-electron chi connectivity index (χ0n) is 16.5. The summed E-state index contributed by atoms with van der Waals surface area (Å²) in [6, 6.07) is 9.26. The van der Waals surface area contributed by atoms with Gasteiger partial charge in [-0.3, -0.25) is 4.79 Å². The summed E-state index contributed by atoms with van der Waals surface area (Å²) in [5.41, 5.74) is 3.47. The van der Waals surface area contributed by atoms with Crippen molar-refractivity contribution in [2.75, 3.05) is 13.2 Å². The van der Waals surface area contributed by atoms with Crippen molar-refractivity contribution < 1.29 is 22.7 Å². The van der Waals surface area contributed by atoms with E-state index in [1.54, 1.807) is 6.07 Å². The van der Waals surface area contributed by atoms with Gasteiger partial charge in [-0.25, -0.2) is 17.9 Å². The van der Waals surface area contributed by atoms with Crippen LogP contribution in [0.5, 0.6) is 0 Å². The lowest BCUT2D eigenvalue weighted by atomic mass is 9.98. The van der Waals surface area contributed by atoms with Crippen LogP contribution in [0.3, 0.4) is 0 Å². The van der Waals surface area contributed by atoms with Gasteiger partial charge in [-0.05, 0) is 68.1 Å². The van der Waals surface area contributed by atoms with Crippen LogP contribution in [0, 0.1) is 20.8 Å². The lowest BCUT2D eigenvalue weighted by Gasteiger charge is -2.10. The number of carbonyl (C=O) groups is 2. The molecule has 0 saturated heterocycles. The van der Waals surface area contributed by atoms with Crippen molar-refractivity contribution >= 4 is 21.8 Å². The number of rotatable bonds is 8. The van der Waals surface area contributed by atoms with Crippen LogP contribution in [-0.4, -0.2) is 33.3 Å². The zero-order valence-corrected chi connectivity index (χ0v) is 17.4. The highest BCUT2D eigenvalue weighted by Gasteiger charge is 2.18. The highest BCUT2D eigenvalue weighted by molar-refractivity contribution is 7.89. The van der Waals surface area contributed by atoms with Crippen molar-refractivity contribution in [3.63, 3.8) is 0 Å². The lowest BCUT2D eigenvalue weighted by Crippen LogP contribution is -2.24. The standard InChI is InChI=1S/C21H25NO5S/c1-5-9-22-28(25,26)18-8-6-7-17(12-18)21(24)27-13-20(23)19-11-15(3)14(2)10-16(19)4/h6-8,10-12,22H,5,9,13H2,1-4H3. The molecule has 0 aliphatic rings. The number of hydrogen-bond donors (Lipinski definition) is 1. The molecule has 2 aromatic carbocycles. The molecule has 2 aromatic rings. The molecule has 0 heterocycles. The zero-order chi connectivity index (χ0) is 20.9. The molecule has 0 unspecified atom stereocenters. The maximum atomic E-state index is 12.4. The Hall–Kier alpha value is -2.51. The summed E-state index contributed by atoms with van der Waals surface area (Å²) in [6.07, 6.45) is 0.654. The number of carbonyl (C=O) groups excluding carboxylic acids is 2. The van der Waals surface area contributed by atoms with Crippen LogP contribution in [-0.2, 0) is 14.8 Å². The average Bonchev–Trinajstić information content (AvgIpc) is 2.67. The fourth-order valence-corrected chi connectivity index (χ4v) is 3.84. The summed E-state index contributed by atoms with van der Waals surface area (Å²) < 4.78 is 32.0. The van der Waals surface area contributed by atoms with E-state index < -0.39 is 22.6 Å². The predicted octanol–water partition coefficient (Wildman–Crippen LogP) is 3.34. The van der Waals surface area contributed by atoms with E-state index in [4.69, 9.17) is 4.74 Å². The molecule has 0 atom stereocenters. The van der Waals surface area contributed by atoms with Crippen molar-refractivity contribution in [2.24, 2.45) is 0 Å². The normalized spacial score (nSPS) is 11.3. The van der Waals surface area contributed by atoms with Crippen molar-refractivity contribution in [3.05, 3.63) is 64.2 Å². The van der Waals surface area contributed by atoms with Gasteiger partial charge in [0.05, 0.1) is 10.5 Å².